The van der Waals surface area contributed by atoms with Crippen LogP contribution in [0.15, 0.2) is 35.6 Å². The molecule has 176 valence electrons. The number of fused-ring (bicyclic) bond motifs is 1. The van der Waals surface area contributed by atoms with Crippen LogP contribution in [0, 0.1) is 11.3 Å². The van der Waals surface area contributed by atoms with Crippen molar-refractivity contribution in [2.75, 3.05) is 18.0 Å². The van der Waals surface area contributed by atoms with Crippen LogP contribution in [0.3, 0.4) is 0 Å². The summed E-state index contributed by atoms with van der Waals surface area (Å²) in [6.07, 6.45) is 4.17. The molecule has 34 heavy (non-hydrogen) atoms. The van der Waals surface area contributed by atoms with Crippen molar-refractivity contribution in [3.63, 3.8) is 0 Å². The molecule has 1 amide bonds. The van der Waals surface area contributed by atoms with Gasteiger partial charge in [-0.3, -0.25) is 9.78 Å². The number of piperazine rings is 1. The van der Waals surface area contributed by atoms with Gasteiger partial charge in [-0.2, -0.15) is 5.26 Å². The van der Waals surface area contributed by atoms with Crippen molar-refractivity contribution in [2.24, 2.45) is 0 Å². The molecule has 0 bridgehead atoms. The second-order valence-corrected chi connectivity index (χ2v) is 9.48. The highest BCUT2D eigenvalue weighted by Gasteiger charge is 2.36. The predicted octanol–water partition coefficient (Wildman–Crippen LogP) is 3.09. The van der Waals surface area contributed by atoms with Gasteiger partial charge < -0.3 is 19.5 Å². The number of ether oxygens (including phenoxy) is 1. The minimum atomic E-state index is -0.583. The van der Waals surface area contributed by atoms with Crippen molar-refractivity contribution < 1.29 is 9.53 Å². The number of carbonyl (C=O) groups is 1. The van der Waals surface area contributed by atoms with Crippen LogP contribution in [-0.4, -0.2) is 61.7 Å². The Kier molecular flexibility index (Phi) is 5.96. The summed E-state index contributed by atoms with van der Waals surface area (Å²) in [5, 5.41) is 9.59. The van der Waals surface area contributed by atoms with E-state index in [1.807, 2.05) is 39.5 Å². The van der Waals surface area contributed by atoms with Gasteiger partial charge >= 0.3 is 6.09 Å². The molecule has 1 saturated heterocycles. The van der Waals surface area contributed by atoms with Gasteiger partial charge in [-0.25, -0.2) is 14.8 Å². The molecule has 1 N–H and O–H groups in total. The molecule has 3 aromatic heterocycles. The standard InChI is InChI=1S/C24H27N7O3/c1-14-12-31(23(33)34-24(3,4)5)15(2)11-30(14)21-19-20(28-13-29-21)17(10-27-22(19)32)18-8-16(9-25)6-7-26-18/h6-8,10,13-15H,11-12H2,1-5H3,(H,27,32)/t14-,15+/m0/s1. The number of anilines is 1. The first-order valence-corrected chi connectivity index (χ1v) is 11.1. The van der Waals surface area contributed by atoms with E-state index < -0.39 is 5.60 Å². The molecule has 1 aliphatic rings. The quantitative estimate of drug-likeness (QED) is 0.617. The van der Waals surface area contributed by atoms with E-state index in [1.165, 1.54) is 6.33 Å². The van der Waals surface area contributed by atoms with E-state index in [0.29, 0.717) is 46.6 Å². The van der Waals surface area contributed by atoms with E-state index in [2.05, 4.69) is 26.0 Å². The molecule has 0 unspecified atom stereocenters. The van der Waals surface area contributed by atoms with Crippen LogP contribution in [0.2, 0.25) is 0 Å². The Morgan fingerprint density at radius 3 is 2.68 bits per heavy atom. The van der Waals surface area contributed by atoms with Crippen molar-refractivity contribution in [2.45, 2.75) is 52.3 Å². The minimum absolute atomic E-state index is 0.120. The Morgan fingerprint density at radius 2 is 1.97 bits per heavy atom. The maximum atomic E-state index is 12.9. The Bertz CT molecular complexity index is 1340. The Hall–Kier alpha value is -4.00. The van der Waals surface area contributed by atoms with Gasteiger partial charge in [0.05, 0.1) is 22.8 Å². The van der Waals surface area contributed by atoms with Gasteiger partial charge in [0.15, 0.2) is 0 Å². The maximum Gasteiger partial charge on any atom is 0.410 e. The number of rotatable bonds is 2. The zero-order chi connectivity index (χ0) is 24.6. The summed E-state index contributed by atoms with van der Waals surface area (Å²) < 4.78 is 5.57. The lowest BCUT2D eigenvalue weighted by molar-refractivity contribution is 0.0130. The SMILES string of the molecule is C[C@@H]1CN(c2ncnc3c(-c4cc(C#N)ccn4)c[nH]c(=O)c23)[C@@H](C)CN1C(=O)OC(C)(C)C. The number of carbonyl (C=O) groups excluding carboxylic acids is 1. The molecule has 1 aliphatic heterocycles. The highest BCUT2D eigenvalue weighted by Crippen LogP contribution is 2.30. The monoisotopic (exact) mass is 461 g/mol. The number of nitrogens with one attached hydrogen (secondary N) is 1. The third-order valence-electron chi connectivity index (χ3n) is 5.71. The summed E-state index contributed by atoms with van der Waals surface area (Å²) >= 11 is 0. The average Bonchev–Trinajstić information content (AvgIpc) is 2.79. The first kappa shape index (κ1) is 23.2. The summed E-state index contributed by atoms with van der Waals surface area (Å²) in [4.78, 5) is 45.4. The zero-order valence-corrected chi connectivity index (χ0v) is 19.9. The fourth-order valence-electron chi connectivity index (χ4n) is 4.12. The Labute approximate surface area is 197 Å². The molecular formula is C24H27N7O3. The summed E-state index contributed by atoms with van der Waals surface area (Å²) in [6.45, 7) is 10.3. The molecule has 10 heteroatoms. The molecule has 2 atom stereocenters. The molecule has 0 spiro atoms. The van der Waals surface area contributed by atoms with Gasteiger partial charge in [0.1, 0.15) is 23.1 Å². The van der Waals surface area contributed by atoms with E-state index in [9.17, 15) is 14.9 Å². The molecule has 1 fully saturated rings. The number of nitrogens with zero attached hydrogens (tertiary/aromatic N) is 6. The zero-order valence-electron chi connectivity index (χ0n) is 19.9. The number of aromatic nitrogens is 4. The van der Waals surface area contributed by atoms with Crippen LogP contribution >= 0.6 is 0 Å². The molecule has 10 nitrogen and oxygen atoms in total. The normalized spacial score (nSPS) is 18.6. The first-order valence-electron chi connectivity index (χ1n) is 11.1. The molecular weight excluding hydrogens is 434 g/mol. The van der Waals surface area contributed by atoms with Crippen molar-refractivity contribution in [1.82, 2.24) is 24.8 Å². The van der Waals surface area contributed by atoms with Crippen LogP contribution in [0.5, 0.6) is 0 Å². The van der Waals surface area contributed by atoms with Crippen LogP contribution in [-0.2, 0) is 4.74 Å². The molecule has 4 heterocycles. The second-order valence-electron chi connectivity index (χ2n) is 9.48. The molecule has 0 aromatic carbocycles. The summed E-state index contributed by atoms with van der Waals surface area (Å²) in [5.74, 6) is 0.493. The van der Waals surface area contributed by atoms with Crippen LogP contribution in [0.1, 0.15) is 40.2 Å². The minimum Gasteiger partial charge on any atom is -0.444 e. The van der Waals surface area contributed by atoms with Gasteiger partial charge in [-0.05, 0) is 46.8 Å². The Morgan fingerprint density at radius 1 is 1.21 bits per heavy atom. The average molecular weight is 462 g/mol. The fourth-order valence-corrected chi connectivity index (χ4v) is 4.12. The van der Waals surface area contributed by atoms with Crippen LogP contribution < -0.4 is 10.5 Å². The summed E-state index contributed by atoms with van der Waals surface area (Å²) in [6, 6.07) is 5.09. The van der Waals surface area contributed by atoms with E-state index in [0.717, 1.165) is 0 Å². The van der Waals surface area contributed by atoms with E-state index in [4.69, 9.17) is 4.74 Å². The first-order chi connectivity index (χ1) is 16.1. The smallest absolute Gasteiger partial charge is 0.410 e. The predicted molar refractivity (Wildman–Crippen MR) is 127 cm³/mol. The topological polar surface area (TPSA) is 128 Å². The van der Waals surface area contributed by atoms with Gasteiger partial charge in [0, 0.05) is 43.1 Å². The van der Waals surface area contributed by atoms with E-state index in [1.54, 1.807) is 29.4 Å². The van der Waals surface area contributed by atoms with Gasteiger partial charge in [-0.1, -0.05) is 0 Å². The number of aromatic amines is 1. The largest absolute Gasteiger partial charge is 0.444 e. The van der Waals surface area contributed by atoms with E-state index in [-0.39, 0.29) is 23.7 Å². The number of hydrogen-bond donors (Lipinski definition) is 1. The highest BCUT2D eigenvalue weighted by atomic mass is 16.6. The van der Waals surface area contributed by atoms with Crippen LogP contribution in [0.4, 0.5) is 10.6 Å². The van der Waals surface area contributed by atoms with Gasteiger partial charge in [-0.15, -0.1) is 0 Å². The Balaban J connectivity index is 1.74. The van der Waals surface area contributed by atoms with Crippen LogP contribution in [0.25, 0.3) is 22.2 Å². The van der Waals surface area contributed by atoms with Crippen molar-refractivity contribution >= 4 is 22.8 Å². The lowest BCUT2D eigenvalue weighted by atomic mass is 10.1. The third-order valence-corrected chi connectivity index (χ3v) is 5.71. The number of nitriles is 1. The number of H-pyrrole nitrogens is 1. The number of amides is 1. The lowest BCUT2D eigenvalue weighted by Crippen LogP contribution is -2.59. The number of hydrogen-bond acceptors (Lipinski definition) is 8. The van der Waals surface area contributed by atoms with Gasteiger partial charge in [0.2, 0.25) is 0 Å². The maximum absolute atomic E-state index is 12.9. The van der Waals surface area contributed by atoms with Crippen molar-refractivity contribution in [1.29, 1.82) is 5.26 Å². The molecule has 0 radical (unpaired) electrons. The summed E-state index contributed by atoms with van der Waals surface area (Å²) in [7, 11) is 0. The van der Waals surface area contributed by atoms with E-state index >= 15 is 0 Å². The molecule has 3 aromatic rings. The molecule has 0 aliphatic carbocycles. The highest BCUT2D eigenvalue weighted by molar-refractivity contribution is 5.97. The van der Waals surface area contributed by atoms with Crippen molar-refractivity contribution in [3.05, 3.63) is 46.8 Å². The van der Waals surface area contributed by atoms with Crippen molar-refractivity contribution in [3.8, 4) is 17.3 Å². The molecule has 0 saturated carbocycles. The lowest BCUT2D eigenvalue weighted by Gasteiger charge is -2.44. The fraction of sp³-hybridized carbons (Fsp3) is 0.417. The number of pyridine rings is 2. The van der Waals surface area contributed by atoms with Gasteiger partial charge in [0.25, 0.3) is 5.56 Å². The summed E-state index contributed by atoms with van der Waals surface area (Å²) in [5.41, 5.74) is 1.13. The third kappa shape index (κ3) is 4.41. The molecule has 4 rings (SSSR count). The second kappa shape index (κ2) is 8.74.